The van der Waals surface area contributed by atoms with Crippen molar-refractivity contribution in [1.82, 2.24) is 0 Å². The molecule has 0 fully saturated rings. The molecule has 0 aromatic heterocycles. The monoisotopic (exact) mass is 422 g/mol. The van der Waals surface area contributed by atoms with Crippen molar-refractivity contribution in [3.63, 3.8) is 0 Å². The van der Waals surface area contributed by atoms with Crippen molar-refractivity contribution in [1.29, 1.82) is 0 Å². The molecule has 0 spiro atoms. The van der Waals surface area contributed by atoms with Gasteiger partial charge in [0.15, 0.2) is 4.87 Å². The summed E-state index contributed by atoms with van der Waals surface area (Å²) < 4.78 is 5.22. The van der Waals surface area contributed by atoms with Gasteiger partial charge in [0.1, 0.15) is 10.8 Å². The molecule has 0 heterocycles. The van der Waals surface area contributed by atoms with Gasteiger partial charge in [0.25, 0.3) is 11.7 Å². The first-order valence-electron chi connectivity index (χ1n) is 6.12. The number of benzene rings is 1. The van der Waals surface area contributed by atoms with Gasteiger partial charge < -0.3 is 4.74 Å². The number of ether oxygens (including phenoxy) is 1. The van der Waals surface area contributed by atoms with Crippen LogP contribution >= 0.6 is 39.1 Å². The molecule has 0 saturated heterocycles. The van der Waals surface area contributed by atoms with Crippen molar-refractivity contribution >= 4 is 44.8 Å². The SMILES string of the molecule is COC1=CC([N+](=O)[O-])C(Cl)(c2c(Br)ccc(Cl)c2[N+](=O)[O-])C=C1. The zero-order valence-electron chi connectivity index (χ0n) is 11.5. The smallest absolute Gasteiger partial charge is 0.294 e. The van der Waals surface area contributed by atoms with Crippen molar-refractivity contribution in [2.75, 3.05) is 7.11 Å². The molecule has 0 radical (unpaired) electrons. The molecule has 122 valence electrons. The fourth-order valence-corrected chi connectivity index (χ4v) is 3.69. The van der Waals surface area contributed by atoms with E-state index in [0.717, 1.165) is 0 Å². The Morgan fingerprint density at radius 3 is 2.52 bits per heavy atom. The normalized spacial score (nSPS) is 23.3. The van der Waals surface area contributed by atoms with Gasteiger partial charge in [-0.2, -0.15) is 0 Å². The molecule has 23 heavy (non-hydrogen) atoms. The number of halogens is 3. The Morgan fingerprint density at radius 1 is 1.35 bits per heavy atom. The third-order valence-corrected chi connectivity index (χ3v) is 4.85. The summed E-state index contributed by atoms with van der Waals surface area (Å²) in [5, 5.41) is 22.7. The molecule has 0 N–H and O–H groups in total. The standard InChI is InChI=1S/C13H9BrCl2N2O5/c1-23-7-4-5-13(16,10(6-7)17(19)20)11-8(14)2-3-9(15)12(11)18(21)22/h2-6,10H,1H3. The second kappa shape index (κ2) is 6.46. The summed E-state index contributed by atoms with van der Waals surface area (Å²) >= 11 is 15.6. The average Bonchev–Trinajstić information content (AvgIpc) is 2.49. The highest BCUT2D eigenvalue weighted by molar-refractivity contribution is 9.10. The van der Waals surface area contributed by atoms with Crippen LogP contribution in [0.4, 0.5) is 5.69 Å². The molecular weight excluding hydrogens is 415 g/mol. The lowest BCUT2D eigenvalue weighted by Crippen LogP contribution is -2.40. The van der Waals surface area contributed by atoms with E-state index in [1.165, 1.54) is 37.5 Å². The summed E-state index contributed by atoms with van der Waals surface area (Å²) in [7, 11) is 1.35. The van der Waals surface area contributed by atoms with E-state index >= 15 is 0 Å². The van der Waals surface area contributed by atoms with Crippen molar-refractivity contribution in [3.8, 4) is 0 Å². The molecule has 2 unspecified atom stereocenters. The molecule has 0 amide bonds. The molecule has 1 aromatic rings. The van der Waals surface area contributed by atoms with E-state index < -0.39 is 26.5 Å². The van der Waals surface area contributed by atoms with Crippen molar-refractivity contribution < 1.29 is 14.6 Å². The molecule has 0 aliphatic heterocycles. The number of allylic oxidation sites excluding steroid dienone is 1. The van der Waals surface area contributed by atoms with E-state index in [1.807, 2.05) is 0 Å². The van der Waals surface area contributed by atoms with Crippen LogP contribution in [0.2, 0.25) is 5.02 Å². The van der Waals surface area contributed by atoms with Gasteiger partial charge >= 0.3 is 0 Å². The number of hydrogen-bond donors (Lipinski definition) is 0. The minimum atomic E-state index is -1.79. The highest BCUT2D eigenvalue weighted by Gasteiger charge is 2.51. The Hall–Kier alpha value is -1.64. The number of hydrogen-bond acceptors (Lipinski definition) is 5. The minimum absolute atomic E-state index is 0.0824. The van der Waals surface area contributed by atoms with Crippen molar-refractivity contribution in [2.24, 2.45) is 0 Å². The predicted octanol–water partition coefficient (Wildman–Crippen LogP) is 4.19. The van der Waals surface area contributed by atoms with Crippen molar-refractivity contribution in [3.05, 3.63) is 71.4 Å². The maximum Gasteiger partial charge on any atom is 0.294 e. The van der Waals surface area contributed by atoms with E-state index in [1.54, 1.807) is 0 Å². The summed E-state index contributed by atoms with van der Waals surface area (Å²) in [6.07, 6.45) is 3.92. The third kappa shape index (κ3) is 3.06. The Morgan fingerprint density at radius 2 is 2.00 bits per heavy atom. The van der Waals surface area contributed by atoms with Gasteiger partial charge in [-0.15, -0.1) is 11.6 Å². The molecule has 7 nitrogen and oxygen atoms in total. The zero-order chi connectivity index (χ0) is 17.4. The van der Waals surface area contributed by atoms with Gasteiger partial charge in [-0.3, -0.25) is 20.2 Å². The van der Waals surface area contributed by atoms with Crippen LogP contribution in [0.3, 0.4) is 0 Å². The minimum Gasteiger partial charge on any atom is -0.497 e. The number of nitrogens with zero attached hydrogens (tertiary/aromatic N) is 2. The van der Waals surface area contributed by atoms with Crippen LogP contribution in [-0.4, -0.2) is 23.0 Å². The lowest BCUT2D eigenvalue weighted by Gasteiger charge is -2.29. The molecule has 0 bridgehead atoms. The van der Waals surface area contributed by atoms with Crippen molar-refractivity contribution in [2.45, 2.75) is 10.9 Å². The van der Waals surface area contributed by atoms with E-state index in [9.17, 15) is 20.2 Å². The molecule has 1 aliphatic carbocycles. The number of alkyl halides is 1. The Kier molecular flexibility index (Phi) is 4.98. The fraction of sp³-hybridized carbons (Fsp3) is 0.231. The van der Waals surface area contributed by atoms with Crippen LogP contribution in [-0.2, 0) is 9.61 Å². The lowest BCUT2D eigenvalue weighted by molar-refractivity contribution is -0.515. The van der Waals surface area contributed by atoms with Gasteiger partial charge in [-0.05, 0) is 24.3 Å². The summed E-state index contributed by atoms with van der Waals surface area (Å²) in [4.78, 5) is 19.7. The maximum absolute atomic E-state index is 11.5. The van der Waals surface area contributed by atoms with Gasteiger partial charge in [0.05, 0.1) is 17.6 Å². The number of methoxy groups -OCH3 is 1. The molecule has 2 atom stereocenters. The highest BCUT2D eigenvalue weighted by atomic mass is 79.9. The third-order valence-electron chi connectivity index (χ3n) is 3.35. The van der Waals surface area contributed by atoms with E-state index in [0.29, 0.717) is 0 Å². The van der Waals surface area contributed by atoms with E-state index in [2.05, 4.69) is 15.9 Å². The number of rotatable bonds is 4. The Labute approximate surface area is 148 Å². The first kappa shape index (κ1) is 17.7. The Bertz CT molecular complexity index is 752. The maximum atomic E-state index is 11.5. The number of nitro groups is 2. The first-order valence-corrected chi connectivity index (χ1v) is 7.67. The molecule has 1 aromatic carbocycles. The van der Waals surface area contributed by atoms with Gasteiger partial charge in [-0.1, -0.05) is 27.5 Å². The average molecular weight is 424 g/mol. The second-order valence-corrected chi connectivity index (χ2v) is 6.50. The summed E-state index contributed by atoms with van der Waals surface area (Å²) in [6, 6.07) is 1.30. The predicted molar refractivity (Wildman–Crippen MR) is 88.4 cm³/mol. The van der Waals surface area contributed by atoms with E-state index in [-0.39, 0.29) is 20.8 Å². The van der Waals surface area contributed by atoms with Gasteiger partial charge in [0.2, 0.25) is 0 Å². The molecule has 10 heteroatoms. The van der Waals surface area contributed by atoms with Gasteiger partial charge in [0, 0.05) is 15.5 Å². The summed E-state index contributed by atoms with van der Waals surface area (Å²) in [6.45, 7) is 0. The van der Waals surface area contributed by atoms with Crippen LogP contribution in [0.15, 0.2) is 40.6 Å². The van der Waals surface area contributed by atoms with Crippen LogP contribution in [0.1, 0.15) is 5.56 Å². The van der Waals surface area contributed by atoms with Gasteiger partial charge in [-0.25, -0.2) is 0 Å². The quantitative estimate of drug-likeness (QED) is 0.411. The molecular formula is C13H9BrCl2N2O5. The summed E-state index contributed by atoms with van der Waals surface area (Å²) in [5.74, 6) is 0.240. The molecule has 0 saturated carbocycles. The molecule has 2 rings (SSSR count). The van der Waals surface area contributed by atoms with Crippen LogP contribution in [0, 0.1) is 20.2 Å². The Balaban J connectivity index is 2.76. The zero-order valence-corrected chi connectivity index (χ0v) is 14.6. The van der Waals surface area contributed by atoms with Crippen LogP contribution in [0.5, 0.6) is 0 Å². The fourth-order valence-electron chi connectivity index (χ4n) is 2.30. The van der Waals surface area contributed by atoms with Crippen LogP contribution < -0.4 is 0 Å². The van der Waals surface area contributed by atoms with Crippen LogP contribution in [0.25, 0.3) is 0 Å². The largest absolute Gasteiger partial charge is 0.497 e. The lowest BCUT2D eigenvalue weighted by atomic mass is 9.86. The summed E-state index contributed by atoms with van der Waals surface area (Å²) in [5.41, 5.74) is -0.567. The second-order valence-electron chi connectivity index (χ2n) is 4.61. The van der Waals surface area contributed by atoms with E-state index in [4.69, 9.17) is 27.9 Å². The highest BCUT2D eigenvalue weighted by Crippen LogP contribution is 2.49. The first-order chi connectivity index (χ1) is 10.7. The molecule has 1 aliphatic rings. The number of nitro benzene ring substituents is 1. The topological polar surface area (TPSA) is 95.5 Å².